The number of carbonyl (C=O) groups is 2. The molecule has 12 nitrogen and oxygen atoms in total. The van der Waals surface area contributed by atoms with Gasteiger partial charge in [0.1, 0.15) is 30.0 Å². The average molecular weight is 524 g/mol. The first-order valence-corrected chi connectivity index (χ1v) is 12.6. The summed E-state index contributed by atoms with van der Waals surface area (Å²) < 4.78 is 15.4. The number of nitrogen functional groups attached to an aromatic ring is 1. The van der Waals surface area contributed by atoms with Crippen LogP contribution in [0, 0.1) is 0 Å². The van der Waals surface area contributed by atoms with Crippen LogP contribution >= 0.6 is 0 Å². The quantitative estimate of drug-likeness (QED) is 0.165. The molecule has 202 valence electrons. The number of aryl methyl sites for hydroxylation is 2. The summed E-state index contributed by atoms with van der Waals surface area (Å²) >= 11 is 0. The Balaban J connectivity index is 1.57. The van der Waals surface area contributed by atoms with Crippen molar-refractivity contribution in [3.63, 3.8) is 0 Å². The Morgan fingerprint density at radius 2 is 2.05 bits per heavy atom. The Hall–Kier alpha value is -4.35. The molecule has 0 aliphatic carbocycles. The van der Waals surface area contributed by atoms with E-state index >= 15 is 0 Å². The number of fused-ring (bicyclic) bond motifs is 2. The molecular formula is C26H35N8O4+. The van der Waals surface area contributed by atoms with Crippen LogP contribution in [0.2, 0.25) is 0 Å². The van der Waals surface area contributed by atoms with E-state index in [-0.39, 0.29) is 19.0 Å². The van der Waals surface area contributed by atoms with Crippen LogP contribution in [0.3, 0.4) is 0 Å². The van der Waals surface area contributed by atoms with Gasteiger partial charge in [-0.25, -0.2) is 23.9 Å². The van der Waals surface area contributed by atoms with Gasteiger partial charge in [-0.2, -0.15) is 0 Å². The lowest BCUT2D eigenvalue weighted by molar-refractivity contribution is -0.676. The Labute approximate surface area is 220 Å². The highest BCUT2D eigenvalue weighted by Crippen LogP contribution is 2.25. The molecular weight excluding hydrogens is 488 g/mol. The van der Waals surface area contributed by atoms with E-state index in [0.29, 0.717) is 42.4 Å². The van der Waals surface area contributed by atoms with E-state index < -0.39 is 11.7 Å². The second-order valence-electron chi connectivity index (χ2n) is 9.71. The molecule has 0 spiro atoms. The summed E-state index contributed by atoms with van der Waals surface area (Å²) in [7, 11) is 0. The van der Waals surface area contributed by atoms with E-state index in [2.05, 4.69) is 36.3 Å². The number of alkyl carbamates (subject to hydrolysis) is 1. The van der Waals surface area contributed by atoms with Crippen LogP contribution in [-0.4, -0.2) is 50.8 Å². The zero-order valence-electron chi connectivity index (χ0n) is 22.4. The van der Waals surface area contributed by atoms with Gasteiger partial charge in [0.05, 0.1) is 19.6 Å². The fourth-order valence-electron chi connectivity index (χ4n) is 4.37. The third-order valence-corrected chi connectivity index (χ3v) is 5.93. The summed E-state index contributed by atoms with van der Waals surface area (Å²) in [6.45, 7) is 11.8. The number of imidazole rings is 1. The van der Waals surface area contributed by atoms with Crippen LogP contribution in [0.15, 0.2) is 30.5 Å². The van der Waals surface area contributed by atoms with E-state index in [4.69, 9.17) is 15.2 Å². The Kier molecular flexibility index (Phi) is 7.70. The summed E-state index contributed by atoms with van der Waals surface area (Å²) in [5.74, 6) is 2.07. The summed E-state index contributed by atoms with van der Waals surface area (Å²) in [5.41, 5.74) is 8.77. The molecule has 0 atom stereocenters. The average Bonchev–Trinajstić information content (AvgIpc) is 3.44. The minimum atomic E-state index is -0.555. The minimum absolute atomic E-state index is 0.171. The molecule has 38 heavy (non-hydrogen) atoms. The van der Waals surface area contributed by atoms with Gasteiger partial charge in [0, 0.05) is 12.3 Å². The van der Waals surface area contributed by atoms with Crippen molar-refractivity contribution in [3.05, 3.63) is 36.3 Å². The summed E-state index contributed by atoms with van der Waals surface area (Å²) in [4.78, 5) is 37.4. The number of anilines is 2. The second-order valence-corrected chi connectivity index (χ2v) is 9.71. The molecule has 0 aliphatic heterocycles. The molecule has 0 bridgehead atoms. The van der Waals surface area contributed by atoms with Gasteiger partial charge in [-0.3, -0.25) is 9.69 Å². The number of amides is 2. The third-order valence-electron chi connectivity index (χ3n) is 5.93. The van der Waals surface area contributed by atoms with Gasteiger partial charge in [-0.1, -0.05) is 0 Å². The predicted octanol–water partition coefficient (Wildman–Crippen LogP) is 2.89. The van der Waals surface area contributed by atoms with Crippen molar-refractivity contribution < 1.29 is 23.6 Å². The molecule has 4 aromatic rings. The van der Waals surface area contributed by atoms with Crippen LogP contribution < -0.4 is 25.3 Å². The number of nitrogens with zero attached hydrogens (tertiary/aromatic N) is 5. The van der Waals surface area contributed by atoms with E-state index in [1.54, 1.807) is 12.3 Å². The number of nitrogens with two attached hydrogens (primary N) is 1. The number of aromatic amines is 1. The molecule has 0 unspecified atom stereocenters. The van der Waals surface area contributed by atoms with E-state index in [9.17, 15) is 9.59 Å². The second kappa shape index (κ2) is 11.0. The maximum atomic E-state index is 12.2. The molecule has 1 aromatic carbocycles. The van der Waals surface area contributed by atoms with E-state index in [1.807, 2.05) is 45.9 Å². The molecule has 0 aliphatic rings. The van der Waals surface area contributed by atoms with Crippen LogP contribution in [-0.2, 0) is 29.2 Å². The maximum Gasteiger partial charge on any atom is 0.407 e. The monoisotopic (exact) mass is 523 g/mol. The first-order valence-electron chi connectivity index (χ1n) is 12.6. The van der Waals surface area contributed by atoms with Crippen LogP contribution in [0.5, 0.6) is 5.75 Å². The highest BCUT2D eigenvalue weighted by Gasteiger charge is 2.27. The van der Waals surface area contributed by atoms with Crippen LogP contribution in [0.4, 0.5) is 16.4 Å². The topological polar surface area (TPSA) is 144 Å². The Morgan fingerprint density at radius 1 is 1.26 bits per heavy atom. The van der Waals surface area contributed by atoms with Crippen molar-refractivity contribution in [2.24, 2.45) is 0 Å². The number of hydrogen-bond donors (Lipinski definition) is 3. The number of aromatic nitrogens is 5. The van der Waals surface area contributed by atoms with Gasteiger partial charge in [0.15, 0.2) is 28.3 Å². The fourth-order valence-corrected chi connectivity index (χ4v) is 4.37. The van der Waals surface area contributed by atoms with Gasteiger partial charge < -0.3 is 25.5 Å². The molecule has 0 saturated heterocycles. The van der Waals surface area contributed by atoms with Crippen molar-refractivity contribution >= 4 is 46.3 Å². The number of carbonyl (C=O) groups excluding carboxylic acids is 2. The molecule has 0 radical (unpaired) electrons. The number of benzene rings is 1. The van der Waals surface area contributed by atoms with Crippen LogP contribution in [0.25, 0.3) is 22.2 Å². The fraction of sp³-hybridized carbons (Fsp3) is 0.423. The van der Waals surface area contributed by atoms with E-state index in [0.717, 1.165) is 23.3 Å². The highest BCUT2D eigenvalue weighted by atomic mass is 16.6. The van der Waals surface area contributed by atoms with Crippen molar-refractivity contribution in [2.45, 2.75) is 59.9 Å². The highest BCUT2D eigenvalue weighted by molar-refractivity contribution is 5.84. The SMILES string of the molecule is CCn1c(CN(C=O)c2nc3cc[nH]c3nc2N)[n+](CC)c2ccc(OCCNC(=O)OC(C)(C)C)cc21. The molecule has 4 rings (SSSR count). The van der Waals surface area contributed by atoms with Gasteiger partial charge in [0.25, 0.3) is 5.82 Å². The molecule has 0 saturated carbocycles. The van der Waals surface area contributed by atoms with Crippen molar-refractivity contribution in [1.29, 1.82) is 0 Å². The molecule has 3 aromatic heterocycles. The predicted molar refractivity (Wildman–Crippen MR) is 144 cm³/mol. The number of hydrogen-bond acceptors (Lipinski definition) is 7. The smallest absolute Gasteiger partial charge is 0.407 e. The maximum absolute atomic E-state index is 12.2. The largest absolute Gasteiger partial charge is 0.492 e. The normalized spacial score (nSPS) is 11.6. The standard InChI is InChI=1S/C26H34N8O4/c1-6-33-19-9-8-17(37-13-12-29-25(36)38-26(3,4)5)14-20(19)34(7-2)21(33)15-32(16-35)24-22(27)31-23-18(30-24)10-11-28-23/h8-11,14,16H,6-7,12-13,15H2,1-5H3,(H3-,27,28,29,30,31,36)/p+1. The number of nitrogens with one attached hydrogen (secondary N) is 2. The van der Waals surface area contributed by atoms with E-state index in [1.165, 1.54) is 4.90 Å². The van der Waals surface area contributed by atoms with Crippen molar-refractivity contribution in [3.8, 4) is 5.75 Å². The summed E-state index contributed by atoms with van der Waals surface area (Å²) in [6, 6.07) is 7.64. The zero-order valence-corrected chi connectivity index (χ0v) is 22.4. The van der Waals surface area contributed by atoms with Crippen molar-refractivity contribution in [1.82, 2.24) is 24.8 Å². The Morgan fingerprint density at radius 3 is 2.74 bits per heavy atom. The minimum Gasteiger partial charge on any atom is -0.492 e. The lowest BCUT2D eigenvalue weighted by Crippen LogP contribution is -2.40. The Bertz CT molecular complexity index is 1450. The zero-order chi connectivity index (χ0) is 27.4. The summed E-state index contributed by atoms with van der Waals surface area (Å²) in [5, 5.41) is 2.69. The molecule has 12 heteroatoms. The molecule has 4 N–H and O–H groups in total. The van der Waals surface area contributed by atoms with Gasteiger partial charge in [0.2, 0.25) is 6.41 Å². The molecule has 0 fully saturated rings. The number of ether oxygens (including phenoxy) is 2. The van der Waals surface area contributed by atoms with Gasteiger partial charge in [-0.15, -0.1) is 0 Å². The lowest BCUT2D eigenvalue weighted by atomic mass is 10.2. The number of H-pyrrole nitrogens is 1. The lowest BCUT2D eigenvalue weighted by Gasteiger charge is -2.19. The molecule has 2 amide bonds. The first-order chi connectivity index (χ1) is 18.1. The first kappa shape index (κ1) is 26.7. The molecule has 3 heterocycles. The third kappa shape index (κ3) is 5.63. The van der Waals surface area contributed by atoms with Crippen molar-refractivity contribution in [2.75, 3.05) is 23.8 Å². The summed E-state index contributed by atoms with van der Waals surface area (Å²) in [6.07, 6.45) is 1.97. The van der Waals surface area contributed by atoms with Gasteiger partial charge >= 0.3 is 6.09 Å². The van der Waals surface area contributed by atoms with Crippen LogP contribution in [0.1, 0.15) is 40.4 Å². The number of rotatable bonds is 10. The van der Waals surface area contributed by atoms with Gasteiger partial charge in [-0.05, 0) is 52.8 Å².